The maximum Gasteiger partial charge on any atom is 0.0377 e. The van der Waals surface area contributed by atoms with E-state index < -0.39 is 0 Å². The minimum absolute atomic E-state index is 0.195. The number of benzene rings is 3. The Morgan fingerprint density at radius 3 is 1.71 bits per heavy atom. The molecule has 0 amide bonds. The fourth-order valence-electron chi connectivity index (χ4n) is 3.41. The van der Waals surface area contributed by atoms with Crippen LogP contribution in [-0.4, -0.2) is 0 Å². The van der Waals surface area contributed by atoms with Crippen molar-refractivity contribution in [1.82, 2.24) is 0 Å². The molecule has 0 aromatic heterocycles. The number of rotatable bonds is 5. The Morgan fingerprint density at radius 1 is 0.710 bits per heavy atom. The van der Waals surface area contributed by atoms with Crippen molar-refractivity contribution in [3.05, 3.63) is 120 Å². The molecule has 0 aliphatic heterocycles. The van der Waals surface area contributed by atoms with E-state index in [-0.39, 0.29) is 5.41 Å². The van der Waals surface area contributed by atoms with E-state index >= 15 is 0 Å². The molecule has 0 heterocycles. The van der Waals surface area contributed by atoms with Gasteiger partial charge in [-0.15, -0.1) is 6.58 Å². The number of aryl methyl sites for hydroxylation is 1. The highest BCUT2D eigenvalue weighted by atomic mass is 14.3. The first kappa shape index (κ1) is 26.2. The Morgan fingerprint density at radius 2 is 1.19 bits per heavy atom. The molecule has 3 rings (SSSR count). The molecule has 1 atom stereocenters. The fourth-order valence-corrected chi connectivity index (χ4v) is 3.41. The lowest BCUT2D eigenvalue weighted by atomic mass is 9.71. The number of hydrogen-bond donors (Lipinski definition) is 0. The predicted octanol–water partition coefficient (Wildman–Crippen LogP) is 9.41. The van der Waals surface area contributed by atoms with E-state index in [1.54, 1.807) is 0 Å². The molecule has 164 valence electrons. The van der Waals surface area contributed by atoms with Gasteiger partial charge in [0.2, 0.25) is 0 Å². The summed E-state index contributed by atoms with van der Waals surface area (Å²) in [5.74, 6) is 0. The third-order valence-corrected chi connectivity index (χ3v) is 5.31. The summed E-state index contributed by atoms with van der Waals surface area (Å²) >= 11 is 0. The summed E-state index contributed by atoms with van der Waals surface area (Å²) in [6.07, 6.45) is 1.06. The normalized spacial score (nSPS) is 11.7. The molecule has 0 saturated carbocycles. The first-order valence-electron chi connectivity index (χ1n) is 11.3. The van der Waals surface area contributed by atoms with Crippen LogP contribution in [-0.2, 0) is 11.8 Å². The van der Waals surface area contributed by atoms with Crippen LogP contribution in [0.5, 0.6) is 0 Å². The van der Waals surface area contributed by atoms with Crippen LogP contribution in [0.15, 0.2) is 103 Å². The van der Waals surface area contributed by atoms with Gasteiger partial charge in [0.25, 0.3) is 0 Å². The van der Waals surface area contributed by atoms with Crippen molar-refractivity contribution >= 4 is 0 Å². The molecule has 0 N–H and O–H groups in total. The molecule has 0 aliphatic rings. The van der Waals surface area contributed by atoms with Crippen molar-refractivity contribution in [3.8, 4) is 11.1 Å². The molecule has 0 saturated heterocycles. The van der Waals surface area contributed by atoms with E-state index in [9.17, 15) is 0 Å². The largest absolute Gasteiger partial charge is 0.100 e. The quantitative estimate of drug-likeness (QED) is 0.366. The van der Waals surface area contributed by atoms with Gasteiger partial charge >= 0.3 is 0 Å². The van der Waals surface area contributed by atoms with Gasteiger partial charge in [0.1, 0.15) is 0 Å². The lowest BCUT2D eigenvalue weighted by Gasteiger charge is -2.32. The lowest BCUT2D eigenvalue weighted by Crippen LogP contribution is -2.24. The van der Waals surface area contributed by atoms with Crippen molar-refractivity contribution in [2.75, 3.05) is 0 Å². The van der Waals surface area contributed by atoms with E-state index in [4.69, 9.17) is 0 Å². The molecule has 0 heteroatoms. The maximum absolute atomic E-state index is 4.31. The van der Waals surface area contributed by atoms with Crippen molar-refractivity contribution in [2.45, 2.75) is 60.3 Å². The minimum Gasteiger partial charge on any atom is -0.100 e. The smallest absolute Gasteiger partial charge is 0.0377 e. The average molecular weight is 413 g/mol. The molecule has 0 fully saturated rings. The van der Waals surface area contributed by atoms with Gasteiger partial charge in [-0.3, -0.25) is 0 Å². The van der Waals surface area contributed by atoms with Gasteiger partial charge < -0.3 is 0 Å². The SMILES string of the molecule is C=C(C)C.C=C(C)C(C)(c1ccccc1)c1cccc(-c2cccc(CC)c2)c1.CC. The van der Waals surface area contributed by atoms with Crippen LogP contribution in [0.4, 0.5) is 0 Å². The van der Waals surface area contributed by atoms with Crippen LogP contribution in [0, 0.1) is 0 Å². The first-order valence-corrected chi connectivity index (χ1v) is 11.3. The summed E-state index contributed by atoms with van der Waals surface area (Å²) in [5, 5.41) is 0. The average Bonchev–Trinajstić information content (AvgIpc) is 2.80. The summed E-state index contributed by atoms with van der Waals surface area (Å²) in [5.41, 5.74) is 8.59. The second kappa shape index (κ2) is 12.7. The molecule has 0 radical (unpaired) electrons. The van der Waals surface area contributed by atoms with E-state index in [0.717, 1.165) is 12.0 Å². The number of allylic oxidation sites excluding steroid dienone is 2. The van der Waals surface area contributed by atoms with E-state index in [1.165, 1.54) is 33.4 Å². The Labute approximate surface area is 191 Å². The molecule has 3 aromatic carbocycles. The Kier molecular flexibility index (Phi) is 10.8. The van der Waals surface area contributed by atoms with Crippen LogP contribution in [0.2, 0.25) is 0 Å². The van der Waals surface area contributed by atoms with Crippen LogP contribution < -0.4 is 0 Å². The van der Waals surface area contributed by atoms with Crippen LogP contribution in [0.3, 0.4) is 0 Å². The highest BCUT2D eigenvalue weighted by Gasteiger charge is 2.29. The van der Waals surface area contributed by atoms with Gasteiger partial charge in [0, 0.05) is 5.41 Å². The van der Waals surface area contributed by atoms with Gasteiger partial charge in [0.05, 0.1) is 0 Å². The second-order valence-electron chi connectivity index (χ2n) is 8.11. The maximum atomic E-state index is 4.31. The van der Waals surface area contributed by atoms with Crippen molar-refractivity contribution in [1.29, 1.82) is 0 Å². The van der Waals surface area contributed by atoms with E-state index in [1.807, 2.05) is 27.7 Å². The van der Waals surface area contributed by atoms with Crippen molar-refractivity contribution in [3.63, 3.8) is 0 Å². The Balaban J connectivity index is 0.000000720. The third kappa shape index (κ3) is 7.10. The Hall–Kier alpha value is -2.86. The zero-order valence-electron chi connectivity index (χ0n) is 20.6. The molecule has 0 aliphatic carbocycles. The summed E-state index contributed by atoms with van der Waals surface area (Å²) in [6, 6.07) is 28.4. The fraction of sp³-hybridized carbons (Fsp3) is 0.290. The lowest BCUT2D eigenvalue weighted by molar-refractivity contribution is 0.677. The van der Waals surface area contributed by atoms with Crippen LogP contribution in [0.1, 0.15) is 65.2 Å². The molecular formula is C31H40. The molecule has 0 bridgehead atoms. The topological polar surface area (TPSA) is 0 Å². The zero-order chi connectivity index (χ0) is 23.4. The summed E-state index contributed by atoms with van der Waals surface area (Å²) in [6.45, 7) is 22.4. The zero-order valence-corrected chi connectivity index (χ0v) is 20.6. The van der Waals surface area contributed by atoms with Crippen molar-refractivity contribution < 1.29 is 0 Å². The molecular weight excluding hydrogens is 372 g/mol. The van der Waals surface area contributed by atoms with Gasteiger partial charge in [-0.1, -0.05) is 111 Å². The summed E-state index contributed by atoms with van der Waals surface area (Å²) in [4.78, 5) is 0. The standard InChI is InChI=1S/C25H26.C4H8.C2H6/c1-5-20-11-9-12-21(17-20)22-13-10-16-24(18-22)25(4,19(2)3)23-14-7-6-8-15-23;1-4(2)3;1-2/h6-18H,2,5H2,1,3-4H3;1H2,2-3H3;1-2H3. The van der Waals surface area contributed by atoms with E-state index in [2.05, 4.69) is 113 Å². The highest BCUT2D eigenvalue weighted by molar-refractivity contribution is 5.66. The Bertz CT molecular complexity index is 958. The van der Waals surface area contributed by atoms with Gasteiger partial charge in [-0.05, 0) is 68.0 Å². The predicted molar refractivity (Wildman–Crippen MR) is 141 cm³/mol. The summed E-state index contributed by atoms with van der Waals surface area (Å²) < 4.78 is 0. The first-order chi connectivity index (χ1) is 14.8. The number of hydrogen-bond acceptors (Lipinski definition) is 0. The van der Waals surface area contributed by atoms with Gasteiger partial charge in [-0.2, -0.15) is 0 Å². The molecule has 0 nitrogen and oxygen atoms in total. The van der Waals surface area contributed by atoms with Gasteiger partial charge in [-0.25, -0.2) is 0 Å². The van der Waals surface area contributed by atoms with E-state index in [0.29, 0.717) is 0 Å². The summed E-state index contributed by atoms with van der Waals surface area (Å²) in [7, 11) is 0. The minimum atomic E-state index is -0.195. The molecule has 0 spiro atoms. The molecule has 1 unspecified atom stereocenters. The molecule has 3 aromatic rings. The van der Waals surface area contributed by atoms with Crippen molar-refractivity contribution in [2.24, 2.45) is 0 Å². The van der Waals surface area contributed by atoms with Crippen LogP contribution in [0.25, 0.3) is 11.1 Å². The molecule has 31 heavy (non-hydrogen) atoms. The third-order valence-electron chi connectivity index (χ3n) is 5.31. The highest BCUT2D eigenvalue weighted by Crippen LogP contribution is 2.39. The monoisotopic (exact) mass is 412 g/mol. The van der Waals surface area contributed by atoms with Gasteiger partial charge in [0.15, 0.2) is 0 Å². The van der Waals surface area contributed by atoms with Crippen LogP contribution >= 0.6 is 0 Å². The second-order valence-corrected chi connectivity index (χ2v) is 8.11.